The molecule has 0 fully saturated rings. The summed E-state index contributed by atoms with van der Waals surface area (Å²) in [5.74, 6) is 0. The maximum absolute atomic E-state index is 3.74. The molecule has 0 saturated heterocycles. The molecule has 0 saturated carbocycles. The van der Waals surface area contributed by atoms with Crippen LogP contribution in [0.25, 0.3) is 0 Å². The second-order valence-corrected chi connectivity index (χ2v) is 4.95. The molecule has 18 heavy (non-hydrogen) atoms. The van der Waals surface area contributed by atoms with Crippen molar-refractivity contribution in [3.63, 3.8) is 0 Å². The van der Waals surface area contributed by atoms with Gasteiger partial charge in [-0.1, -0.05) is 63.0 Å². The van der Waals surface area contributed by atoms with Crippen molar-refractivity contribution in [2.24, 2.45) is 0 Å². The van der Waals surface area contributed by atoms with Crippen LogP contribution >= 0.6 is 0 Å². The molecule has 0 radical (unpaired) electrons. The largest absolute Gasteiger partial charge is 0.103 e. The van der Waals surface area contributed by atoms with Crippen molar-refractivity contribution in [2.75, 3.05) is 0 Å². The van der Waals surface area contributed by atoms with Gasteiger partial charge in [-0.05, 0) is 44.9 Å². The smallest absolute Gasteiger partial charge is 0.0169 e. The fourth-order valence-corrected chi connectivity index (χ4v) is 1.92. The van der Waals surface area contributed by atoms with E-state index in [0.29, 0.717) is 0 Å². The summed E-state index contributed by atoms with van der Waals surface area (Å²) in [6, 6.07) is 0. The summed E-state index contributed by atoms with van der Waals surface area (Å²) in [4.78, 5) is 0. The van der Waals surface area contributed by atoms with E-state index in [1.807, 2.05) is 6.08 Å². The third-order valence-electron chi connectivity index (χ3n) is 3.11. The van der Waals surface area contributed by atoms with E-state index >= 15 is 0 Å². The quantitative estimate of drug-likeness (QED) is 0.254. The van der Waals surface area contributed by atoms with E-state index in [0.717, 1.165) is 6.42 Å². The molecule has 0 bridgehead atoms. The maximum atomic E-state index is 3.74. The molecule has 0 aromatic heterocycles. The number of rotatable bonds is 13. The lowest BCUT2D eigenvalue weighted by Crippen LogP contribution is -1.76. The first-order valence-corrected chi connectivity index (χ1v) is 7.82. The molecule has 104 valence electrons. The molecule has 0 aliphatic rings. The van der Waals surface area contributed by atoms with Crippen LogP contribution in [0, 0.1) is 0 Å². The van der Waals surface area contributed by atoms with E-state index < -0.39 is 0 Å². The van der Waals surface area contributed by atoms with Gasteiger partial charge in [-0.3, -0.25) is 0 Å². The van der Waals surface area contributed by atoms with Gasteiger partial charge in [0.25, 0.3) is 0 Å². The van der Waals surface area contributed by atoms with Crippen LogP contribution in [0.4, 0.5) is 0 Å². The second-order valence-electron chi connectivity index (χ2n) is 4.95. The molecule has 0 rings (SSSR count). The molecule has 0 spiro atoms. The van der Waals surface area contributed by atoms with Gasteiger partial charge >= 0.3 is 0 Å². The predicted molar refractivity (Wildman–Crippen MR) is 84.9 cm³/mol. The summed E-state index contributed by atoms with van der Waals surface area (Å²) >= 11 is 0. The Labute approximate surface area is 115 Å². The zero-order valence-corrected chi connectivity index (χ0v) is 12.4. The highest BCUT2D eigenvalue weighted by atomic mass is 13.9. The fraction of sp³-hybridized carbons (Fsp3) is 0.667. The molecule has 0 aliphatic heterocycles. The molecular weight excluding hydrogens is 216 g/mol. The van der Waals surface area contributed by atoms with E-state index in [-0.39, 0.29) is 0 Å². The highest BCUT2D eigenvalue weighted by Gasteiger charge is 1.86. The van der Waals surface area contributed by atoms with Crippen LogP contribution in [0.15, 0.2) is 37.0 Å². The normalized spacial score (nSPS) is 11.6. The Morgan fingerprint density at radius 2 is 1.22 bits per heavy atom. The van der Waals surface area contributed by atoms with Crippen LogP contribution in [0.5, 0.6) is 0 Å². The van der Waals surface area contributed by atoms with Crippen LogP contribution in [0.1, 0.15) is 77.6 Å². The molecule has 0 atom stereocenters. The highest BCUT2D eigenvalue weighted by molar-refractivity contribution is 4.92. The van der Waals surface area contributed by atoms with E-state index in [9.17, 15) is 0 Å². The first-order chi connectivity index (χ1) is 8.91. The summed E-state index contributed by atoms with van der Waals surface area (Å²) in [6.45, 7) is 6.00. The molecule has 0 unspecified atom stereocenters. The van der Waals surface area contributed by atoms with Gasteiger partial charge in [0.1, 0.15) is 0 Å². The molecule has 0 amide bonds. The lowest BCUT2D eigenvalue weighted by Gasteiger charge is -1.96. The van der Waals surface area contributed by atoms with Crippen LogP contribution in [0.3, 0.4) is 0 Å². The zero-order valence-electron chi connectivity index (χ0n) is 12.4. The van der Waals surface area contributed by atoms with E-state index in [2.05, 4.69) is 37.8 Å². The minimum atomic E-state index is 1.11. The highest BCUT2D eigenvalue weighted by Crippen LogP contribution is 2.06. The molecule has 0 heteroatoms. The maximum Gasteiger partial charge on any atom is -0.0169 e. The summed E-state index contributed by atoms with van der Waals surface area (Å²) in [5, 5.41) is 0. The third kappa shape index (κ3) is 15.2. The zero-order chi connectivity index (χ0) is 13.3. The molecule has 0 N–H and O–H groups in total. The molecule has 0 heterocycles. The Kier molecular flexibility index (Phi) is 15.5. The first kappa shape index (κ1) is 17.2. The predicted octanol–water partition coefficient (Wildman–Crippen LogP) is 6.60. The Hall–Kier alpha value is -0.780. The van der Waals surface area contributed by atoms with Gasteiger partial charge in [0.15, 0.2) is 0 Å². The molecular formula is C18H32. The molecule has 0 nitrogen and oxygen atoms in total. The fourth-order valence-electron chi connectivity index (χ4n) is 1.92. The molecule has 0 aromatic rings. The number of hydrogen-bond donors (Lipinski definition) is 0. The third-order valence-corrected chi connectivity index (χ3v) is 3.11. The number of allylic oxidation sites excluding steroid dienone is 5. The van der Waals surface area contributed by atoms with Crippen molar-refractivity contribution in [3.05, 3.63) is 37.0 Å². The topological polar surface area (TPSA) is 0 Å². The summed E-state index contributed by atoms with van der Waals surface area (Å²) in [6.07, 6.45) is 25.5. The number of unbranched alkanes of at least 4 members (excludes halogenated alkanes) is 8. The average Bonchev–Trinajstić information content (AvgIpc) is 2.39. The van der Waals surface area contributed by atoms with Gasteiger partial charge in [0, 0.05) is 0 Å². The van der Waals surface area contributed by atoms with E-state index in [1.165, 1.54) is 64.2 Å². The van der Waals surface area contributed by atoms with Crippen molar-refractivity contribution in [3.8, 4) is 0 Å². The van der Waals surface area contributed by atoms with Gasteiger partial charge in [-0.15, -0.1) is 6.58 Å². The monoisotopic (exact) mass is 248 g/mol. The summed E-state index contributed by atoms with van der Waals surface area (Å²) < 4.78 is 0. The van der Waals surface area contributed by atoms with Crippen LogP contribution in [-0.4, -0.2) is 0 Å². The van der Waals surface area contributed by atoms with Crippen LogP contribution in [0.2, 0.25) is 0 Å². The van der Waals surface area contributed by atoms with Crippen molar-refractivity contribution < 1.29 is 0 Å². The van der Waals surface area contributed by atoms with E-state index in [1.54, 1.807) is 0 Å². The van der Waals surface area contributed by atoms with Crippen LogP contribution in [-0.2, 0) is 0 Å². The van der Waals surface area contributed by atoms with Gasteiger partial charge in [0.05, 0.1) is 0 Å². The molecule has 0 aromatic carbocycles. The Balaban J connectivity index is 3.15. The van der Waals surface area contributed by atoms with Crippen molar-refractivity contribution in [1.82, 2.24) is 0 Å². The average molecular weight is 248 g/mol. The van der Waals surface area contributed by atoms with Gasteiger partial charge in [-0.2, -0.15) is 0 Å². The second kappa shape index (κ2) is 16.2. The Morgan fingerprint density at radius 3 is 1.78 bits per heavy atom. The van der Waals surface area contributed by atoms with Crippen molar-refractivity contribution >= 4 is 0 Å². The minimum Gasteiger partial charge on any atom is -0.103 e. The van der Waals surface area contributed by atoms with Crippen molar-refractivity contribution in [1.29, 1.82) is 0 Å². The summed E-state index contributed by atoms with van der Waals surface area (Å²) in [5.41, 5.74) is 0. The molecule has 0 aliphatic carbocycles. The summed E-state index contributed by atoms with van der Waals surface area (Å²) in [7, 11) is 0. The van der Waals surface area contributed by atoms with Gasteiger partial charge in [-0.25, -0.2) is 0 Å². The van der Waals surface area contributed by atoms with Gasteiger partial charge in [0.2, 0.25) is 0 Å². The SMILES string of the molecule is C=CCCCCCC/C=C/C/C=C/CCCCC. The minimum absolute atomic E-state index is 1.11. The van der Waals surface area contributed by atoms with E-state index in [4.69, 9.17) is 0 Å². The lowest BCUT2D eigenvalue weighted by atomic mass is 10.1. The first-order valence-electron chi connectivity index (χ1n) is 7.82. The van der Waals surface area contributed by atoms with Crippen LogP contribution < -0.4 is 0 Å². The Morgan fingerprint density at radius 1 is 0.667 bits per heavy atom. The Bertz CT molecular complexity index is 210. The number of hydrogen-bond acceptors (Lipinski definition) is 0. The standard InChI is InChI=1S/C18H32/c1-3-5-7-9-11-13-15-17-18-16-14-12-10-8-6-4-2/h3,12,14,17-18H,1,4-11,13,15-16H2,2H3/b14-12+,18-17+. The lowest BCUT2D eigenvalue weighted by molar-refractivity contribution is 0.652. The van der Waals surface area contributed by atoms with Gasteiger partial charge < -0.3 is 0 Å². The van der Waals surface area contributed by atoms with Crippen molar-refractivity contribution in [2.45, 2.75) is 77.6 Å².